The first-order valence-corrected chi connectivity index (χ1v) is 13.3. The standard InChI is InChI=1S/C22H14N2O2S4/c25-17-9-8-12-10(18(26)16-20(12)30-22(24-16)14-4-2-6-28-14)7-11(9)19-15(17)23-21(29-19)13-3-1-5-27-13/h1-6,9-12H,7-8H2. The van der Waals surface area contributed by atoms with Crippen LogP contribution in [0.5, 0.6) is 0 Å². The summed E-state index contributed by atoms with van der Waals surface area (Å²) >= 11 is 6.59. The molecule has 1 fully saturated rings. The van der Waals surface area contributed by atoms with Crippen molar-refractivity contribution in [3.8, 4) is 19.8 Å². The fraction of sp³-hybridized carbons (Fsp3) is 0.273. The minimum absolute atomic E-state index is 0.0385. The number of hydrogen-bond acceptors (Lipinski definition) is 8. The highest BCUT2D eigenvalue weighted by atomic mass is 32.1. The van der Waals surface area contributed by atoms with Crippen molar-refractivity contribution < 1.29 is 9.59 Å². The van der Waals surface area contributed by atoms with Crippen LogP contribution >= 0.6 is 45.3 Å². The number of carbonyl (C=O) groups excluding carboxylic acids is 2. The van der Waals surface area contributed by atoms with E-state index in [4.69, 9.17) is 9.97 Å². The minimum atomic E-state index is -0.0385. The van der Waals surface area contributed by atoms with Crippen LogP contribution in [0.15, 0.2) is 35.0 Å². The van der Waals surface area contributed by atoms with Crippen molar-refractivity contribution in [3.63, 3.8) is 0 Å². The number of hydrogen-bond donors (Lipinski definition) is 0. The third-order valence-corrected chi connectivity index (χ3v) is 11.0. The Labute approximate surface area is 188 Å². The Bertz CT molecular complexity index is 1210. The second kappa shape index (κ2) is 6.26. The van der Waals surface area contributed by atoms with Crippen LogP contribution < -0.4 is 0 Å². The summed E-state index contributed by atoms with van der Waals surface area (Å²) in [5.74, 6) is 0.545. The molecule has 4 unspecified atom stereocenters. The lowest BCUT2D eigenvalue weighted by Gasteiger charge is -2.33. The molecule has 0 spiro atoms. The van der Waals surface area contributed by atoms with Crippen molar-refractivity contribution in [1.82, 2.24) is 9.97 Å². The van der Waals surface area contributed by atoms with E-state index in [0.717, 1.165) is 42.4 Å². The van der Waals surface area contributed by atoms with Crippen LogP contribution in [0.3, 0.4) is 0 Å². The maximum absolute atomic E-state index is 13.2. The molecule has 0 saturated heterocycles. The fourth-order valence-corrected chi connectivity index (χ4v) is 9.34. The van der Waals surface area contributed by atoms with Crippen LogP contribution in [0.1, 0.15) is 55.4 Å². The summed E-state index contributed by atoms with van der Waals surface area (Å²) in [6.07, 6.45) is 1.49. The highest BCUT2D eigenvalue weighted by Crippen LogP contribution is 2.59. The third kappa shape index (κ3) is 2.30. The molecular weight excluding hydrogens is 453 g/mol. The Morgan fingerprint density at radius 3 is 1.57 bits per heavy atom. The van der Waals surface area contributed by atoms with Crippen LogP contribution in [0, 0.1) is 11.8 Å². The van der Waals surface area contributed by atoms with Crippen LogP contribution in [-0.4, -0.2) is 21.5 Å². The van der Waals surface area contributed by atoms with E-state index in [1.807, 2.05) is 35.0 Å². The normalized spacial score (nSPS) is 26.5. The summed E-state index contributed by atoms with van der Waals surface area (Å²) in [5, 5.41) is 5.93. The highest BCUT2D eigenvalue weighted by Gasteiger charge is 2.55. The molecule has 3 aliphatic rings. The molecular formula is C22H14N2O2S4. The van der Waals surface area contributed by atoms with Gasteiger partial charge in [-0.1, -0.05) is 12.1 Å². The monoisotopic (exact) mass is 466 g/mol. The van der Waals surface area contributed by atoms with Crippen molar-refractivity contribution in [3.05, 3.63) is 56.2 Å². The van der Waals surface area contributed by atoms with Gasteiger partial charge in [-0.2, -0.15) is 0 Å². The predicted molar refractivity (Wildman–Crippen MR) is 121 cm³/mol. The van der Waals surface area contributed by atoms with Gasteiger partial charge in [-0.15, -0.1) is 45.3 Å². The van der Waals surface area contributed by atoms with Crippen molar-refractivity contribution in [2.45, 2.75) is 24.7 Å². The van der Waals surface area contributed by atoms with Crippen molar-refractivity contribution in [1.29, 1.82) is 0 Å². The van der Waals surface area contributed by atoms with Gasteiger partial charge in [0.2, 0.25) is 0 Å². The van der Waals surface area contributed by atoms with E-state index >= 15 is 0 Å². The van der Waals surface area contributed by atoms with Gasteiger partial charge in [-0.05, 0) is 35.7 Å². The van der Waals surface area contributed by atoms with Crippen molar-refractivity contribution in [2.24, 2.45) is 11.8 Å². The molecule has 0 bridgehead atoms. The fourth-order valence-electron chi connectivity index (χ4n) is 5.25. The van der Waals surface area contributed by atoms with E-state index in [2.05, 4.69) is 0 Å². The molecule has 0 aliphatic heterocycles. The lowest BCUT2D eigenvalue weighted by atomic mass is 9.70. The van der Waals surface area contributed by atoms with E-state index in [9.17, 15) is 9.59 Å². The summed E-state index contributed by atoms with van der Waals surface area (Å²) in [4.78, 5) is 40.3. The van der Waals surface area contributed by atoms with Crippen molar-refractivity contribution in [2.75, 3.05) is 0 Å². The molecule has 4 nitrogen and oxygen atoms in total. The van der Waals surface area contributed by atoms with Crippen LogP contribution in [-0.2, 0) is 0 Å². The number of fused-ring (bicyclic) bond motifs is 6. The summed E-state index contributed by atoms with van der Waals surface area (Å²) in [6, 6.07) is 8.12. The number of Topliss-reactive ketones (excluding diaryl/α,β-unsaturated/α-hetero) is 2. The summed E-state index contributed by atoms with van der Waals surface area (Å²) in [7, 11) is 0. The lowest BCUT2D eigenvalue weighted by Crippen LogP contribution is -2.29. The molecule has 0 aromatic carbocycles. The smallest absolute Gasteiger partial charge is 0.186 e. The molecule has 3 aliphatic carbocycles. The van der Waals surface area contributed by atoms with E-state index < -0.39 is 0 Å². The SMILES string of the molecule is O=C1c2nc(-c3cccs3)sc2C2CC3C(=O)c4nc(-c5cccs5)sc4C3CC12. The van der Waals surface area contributed by atoms with Crippen LogP contribution in [0.25, 0.3) is 19.8 Å². The van der Waals surface area contributed by atoms with E-state index in [1.165, 1.54) is 0 Å². The maximum atomic E-state index is 13.2. The van der Waals surface area contributed by atoms with Gasteiger partial charge in [-0.25, -0.2) is 9.97 Å². The average molecular weight is 467 g/mol. The first kappa shape index (κ1) is 17.7. The molecule has 0 amide bonds. The predicted octanol–water partition coefficient (Wildman–Crippen LogP) is 6.34. The zero-order chi connectivity index (χ0) is 20.0. The van der Waals surface area contributed by atoms with Crippen molar-refractivity contribution >= 4 is 56.9 Å². The van der Waals surface area contributed by atoms with Crippen LogP contribution in [0.2, 0.25) is 0 Å². The van der Waals surface area contributed by atoms with Gasteiger partial charge in [0.05, 0.1) is 9.75 Å². The molecule has 4 atom stereocenters. The van der Waals surface area contributed by atoms with Gasteiger partial charge >= 0.3 is 0 Å². The van der Waals surface area contributed by atoms with Gasteiger partial charge < -0.3 is 0 Å². The second-order valence-electron chi connectivity index (χ2n) is 8.04. The molecule has 0 radical (unpaired) electrons. The molecule has 4 heterocycles. The number of nitrogens with zero attached hydrogens (tertiary/aromatic N) is 2. The third-order valence-electron chi connectivity index (χ3n) is 6.57. The Kier molecular flexibility index (Phi) is 3.68. The first-order valence-electron chi connectivity index (χ1n) is 9.86. The molecule has 4 aromatic rings. The topological polar surface area (TPSA) is 59.9 Å². The quantitative estimate of drug-likeness (QED) is 0.346. The van der Waals surface area contributed by atoms with Gasteiger partial charge in [-0.3, -0.25) is 9.59 Å². The van der Waals surface area contributed by atoms with E-state index in [-0.39, 0.29) is 35.2 Å². The van der Waals surface area contributed by atoms with Gasteiger partial charge in [0.25, 0.3) is 0 Å². The van der Waals surface area contributed by atoms with Gasteiger partial charge in [0.1, 0.15) is 21.4 Å². The van der Waals surface area contributed by atoms with E-state index in [0.29, 0.717) is 11.4 Å². The number of carbonyl (C=O) groups is 2. The number of ketones is 2. The summed E-state index contributed by atoms with van der Waals surface area (Å²) in [6.45, 7) is 0. The number of rotatable bonds is 2. The Hall–Kier alpha value is -2.00. The number of aromatic nitrogens is 2. The molecule has 7 rings (SSSR count). The zero-order valence-electron chi connectivity index (χ0n) is 15.5. The Morgan fingerprint density at radius 1 is 0.700 bits per heavy atom. The largest absolute Gasteiger partial charge is 0.292 e. The number of thiazole rings is 2. The second-order valence-corrected chi connectivity index (χ2v) is 12.0. The molecule has 148 valence electrons. The minimum Gasteiger partial charge on any atom is -0.292 e. The molecule has 30 heavy (non-hydrogen) atoms. The molecule has 0 N–H and O–H groups in total. The van der Waals surface area contributed by atoms with Crippen LogP contribution in [0.4, 0.5) is 0 Å². The molecule has 1 saturated carbocycles. The Morgan fingerprint density at radius 2 is 1.17 bits per heavy atom. The summed E-state index contributed by atoms with van der Waals surface area (Å²) in [5.41, 5.74) is 1.32. The molecule has 4 aromatic heterocycles. The molecule has 8 heteroatoms. The van der Waals surface area contributed by atoms with E-state index in [1.54, 1.807) is 45.3 Å². The summed E-state index contributed by atoms with van der Waals surface area (Å²) < 4.78 is 0. The highest BCUT2D eigenvalue weighted by molar-refractivity contribution is 7.21. The van der Waals surface area contributed by atoms with Gasteiger partial charge in [0.15, 0.2) is 11.6 Å². The maximum Gasteiger partial charge on any atom is 0.186 e. The average Bonchev–Trinajstić information content (AvgIpc) is 3.57. The first-order chi connectivity index (χ1) is 14.7. The van der Waals surface area contributed by atoms with Gasteiger partial charge in [0, 0.05) is 33.4 Å². The number of thiophene rings is 2. The lowest BCUT2D eigenvalue weighted by molar-refractivity contribution is 0.0786. The zero-order valence-corrected chi connectivity index (χ0v) is 18.8. The Balaban J connectivity index is 1.25.